The van der Waals surface area contributed by atoms with Crippen LogP contribution in [0.3, 0.4) is 0 Å². The largest absolute Gasteiger partial charge is 0.335 e. The van der Waals surface area contributed by atoms with Crippen molar-refractivity contribution in [3.05, 3.63) is 30.3 Å². The number of para-hydroxylation sites is 1. The number of halogens is 1. The number of benzene rings is 1. The third kappa shape index (κ3) is 1.95. The second kappa shape index (κ2) is 4.94. The van der Waals surface area contributed by atoms with E-state index in [-0.39, 0.29) is 0 Å². The first-order chi connectivity index (χ1) is 8.90. The zero-order valence-electron chi connectivity index (χ0n) is 9.91. The summed E-state index contributed by atoms with van der Waals surface area (Å²) in [5.41, 5.74) is 0.970. The van der Waals surface area contributed by atoms with Crippen LogP contribution in [-0.2, 0) is 0 Å². The number of alkyl halides is 1. The molecule has 0 spiro atoms. The van der Waals surface area contributed by atoms with E-state index in [0.717, 1.165) is 31.0 Å². The average Bonchev–Trinajstić information content (AvgIpc) is 3.07. The van der Waals surface area contributed by atoms with Gasteiger partial charge in [0.2, 0.25) is 0 Å². The molecule has 6 heteroatoms. The maximum Gasteiger partial charge on any atom is 0.250 e. The molecule has 3 rings (SSSR count). The molecule has 5 nitrogen and oxygen atoms in total. The van der Waals surface area contributed by atoms with Gasteiger partial charge in [0.25, 0.3) is 5.95 Å². The predicted octanol–water partition coefficient (Wildman–Crippen LogP) is 1.87. The second-order valence-electron chi connectivity index (χ2n) is 4.37. The zero-order valence-corrected chi connectivity index (χ0v) is 10.7. The van der Waals surface area contributed by atoms with E-state index in [1.807, 2.05) is 30.3 Å². The Bertz CT molecular complexity index is 512. The van der Waals surface area contributed by atoms with Crippen molar-refractivity contribution in [2.45, 2.75) is 18.9 Å². The minimum Gasteiger partial charge on any atom is -0.335 e. The Labute approximate surface area is 110 Å². The second-order valence-corrected chi connectivity index (χ2v) is 4.68. The molecule has 2 aromatic rings. The third-order valence-electron chi connectivity index (χ3n) is 3.27. The topological polar surface area (TPSA) is 46.8 Å². The van der Waals surface area contributed by atoms with E-state index in [9.17, 15) is 0 Å². The first-order valence-electron chi connectivity index (χ1n) is 6.06. The molecule has 1 unspecified atom stereocenters. The number of anilines is 1. The summed E-state index contributed by atoms with van der Waals surface area (Å²) in [5, 5.41) is 12.0. The minimum absolute atomic E-state index is 0.333. The summed E-state index contributed by atoms with van der Waals surface area (Å²) in [6, 6.07) is 10.2. The van der Waals surface area contributed by atoms with Crippen molar-refractivity contribution < 1.29 is 0 Å². The van der Waals surface area contributed by atoms with Crippen LogP contribution in [0.15, 0.2) is 30.3 Å². The van der Waals surface area contributed by atoms with E-state index in [0.29, 0.717) is 11.9 Å². The monoisotopic (exact) mass is 263 g/mol. The van der Waals surface area contributed by atoms with Crippen LogP contribution in [0.25, 0.3) is 5.69 Å². The molecule has 1 atom stereocenters. The highest BCUT2D eigenvalue weighted by Crippen LogP contribution is 2.25. The van der Waals surface area contributed by atoms with Crippen LogP contribution >= 0.6 is 11.6 Å². The zero-order chi connectivity index (χ0) is 12.4. The lowest BCUT2D eigenvalue weighted by atomic mass is 10.2. The molecular formula is C12H14ClN5. The minimum atomic E-state index is 0.333. The van der Waals surface area contributed by atoms with Gasteiger partial charge in [-0.15, -0.1) is 11.6 Å². The Balaban J connectivity index is 1.97. The Morgan fingerprint density at radius 2 is 2.11 bits per heavy atom. The summed E-state index contributed by atoms with van der Waals surface area (Å²) in [4.78, 5) is 2.19. The maximum atomic E-state index is 6.00. The van der Waals surface area contributed by atoms with E-state index < -0.39 is 0 Å². The fourth-order valence-corrected chi connectivity index (χ4v) is 2.68. The first-order valence-corrected chi connectivity index (χ1v) is 6.60. The smallest absolute Gasteiger partial charge is 0.250 e. The van der Waals surface area contributed by atoms with Crippen molar-refractivity contribution in [3.63, 3.8) is 0 Å². The van der Waals surface area contributed by atoms with Crippen LogP contribution in [0.5, 0.6) is 0 Å². The molecule has 94 valence electrons. The summed E-state index contributed by atoms with van der Waals surface area (Å²) in [6.45, 7) is 0.963. The Kier molecular flexibility index (Phi) is 3.15. The third-order valence-corrected chi connectivity index (χ3v) is 3.62. The predicted molar refractivity (Wildman–Crippen MR) is 70.2 cm³/mol. The highest BCUT2D eigenvalue weighted by Gasteiger charge is 2.28. The molecule has 1 saturated heterocycles. The van der Waals surface area contributed by atoms with Gasteiger partial charge < -0.3 is 4.90 Å². The molecule has 2 heterocycles. The number of nitrogens with zero attached hydrogens (tertiary/aromatic N) is 5. The fraction of sp³-hybridized carbons (Fsp3) is 0.417. The number of aromatic nitrogens is 4. The maximum absolute atomic E-state index is 6.00. The lowest BCUT2D eigenvalue weighted by molar-refractivity contribution is 0.705. The van der Waals surface area contributed by atoms with Gasteiger partial charge in [-0.2, -0.15) is 4.68 Å². The van der Waals surface area contributed by atoms with Gasteiger partial charge in [0.15, 0.2) is 0 Å². The normalized spacial score (nSPS) is 19.4. The van der Waals surface area contributed by atoms with Gasteiger partial charge in [0.1, 0.15) is 0 Å². The number of tetrazole rings is 1. The Morgan fingerprint density at radius 3 is 2.89 bits per heavy atom. The standard InChI is InChI=1S/C12H14ClN5/c13-9-11-7-4-8-17(11)12-14-15-16-18(12)10-5-2-1-3-6-10/h1-3,5-6,11H,4,7-9H2. The van der Waals surface area contributed by atoms with Gasteiger partial charge in [-0.05, 0) is 35.4 Å². The molecule has 1 aliphatic heterocycles. The van der Waals surface area contributed by atoms with Crippen LogP contribution in [0, 0.1) is 0 Å². The van der Waals surface area contributed by atoms with Gasteiger partial charge in [0, 0.05) is 18.5 Å². The molecule has 0 amide bonds. The highest BCUT2D eigenvalue weighted by molar-refractivity contribution is 6.18. The van der Waals surface area contributed by atoms with Gasteiger partial charge in [-0.3, -0.25) is 0 Å². The highest BCUT2D eigenvalue weighted by atomic mass is 35.5. The average molecular weight is 264 g/mol. The molecule has 1 aromatic carbocycles. The van der Waals surface area contributed by atoms with Crippen molar-refractivity contribution >= 4 is 17.5 Å². The SMILES string of the molecule is ClCC1CCCN1c1nnnn1-c1ccccc1. The quantitative estimate of drug-likeness (QED) is 0.793. The summed E-state index contributed by atoms with van der Waals surface area (Å²) in [6.07, 6.45) is 2.24. The summed E-state index contributed by atoms with van der Waals surface area (Å²) in [7, 11) is 0. The lowest BCUT2D eigenvalue weighted by Gasteiger charge is -2.22. The summed E-state index contributed by atoms with van der Waals surface area (Å²) >= 11 is 6.00. The molecule has 1 fully saturated rings. The van der Waals surface area contributed by atoms with Crippen molar-refractivity contribution in [2.75, 3.05) is 17.3 Å². The van der Waals surface area contributed by atoms with E-state index in [4.69, 9.17) is 11.6 Å². The van der Waals surface area contributed by atoms with Crippen LogP contribution in [-0.4, -0.2) is 38.7 Å². The number of hydrogen-bond acceptors (Lipinski definition) is 4. The van der Waals surface area contributed by atoms with Gasteiger partial charge in [-0.1, -0.05) is 23.3 Å². The van der Waals surface area contributed by atoms with E-state index in [2.05, 4.69) is 20.4 Å². The molecule has 0 bridgehead atoms. The fourth-order valence-electron chi connectivity index (χ4n) is 2.36. The van der Waals surface area contributed by atoms with E-state index in [1.165, 1.54) is 0 Å². The van der Waals surface area contributed by atoms with Crippen LogP contribution in [0.1, 0.15) is 12.8 Å². The molecule has 0 saturated carbocycles. The van der Waals surface area contributed by atoms with Crippen LogP contribution in [0.4, 0.5) is 5.95 Å². The number of hydrogen-bond donors (Lipinski definition) is 0. The molecule has 1 aliphatic rings. The summed E-state index contributed by atoms with van der Waals surface area (Å²) in [5.74, 6) is 1.39. The van der Waals surface area contributed by atoms with E-state index >= 15 is 0 Å². The molecule has 18 heavy (non-hydrogen) atoms. The Morgan fingerprint density at radius 1 is 1.28 bits per heavy atom. The molecule has 0 N–H and O–H groups in total. The van der Waals surface area contributed by atoms with E-state index in [1.54, 1.807) is 4.68 Å². The summed E-state index contributed by atoms with van der Waals surface area (Å²) < 4.78 is 1.77. The van der Waals surface area contributed by atoms with Crippen molar-refractivity contribution in [1.82, 2.24) is 20.2 Å². The molecule has 0 radical (unpaired) electrons. The van der Waals surface area contributed by atoms with Gasteiger partial charge in [0.05, 0.1) is 5.69 Å². The first kappa shape index (κ1) is 11.5. The Hall–Kier alpha value is -1.62. The molecule has 0 aliphatic carbocycles. The number of rotatable bonds is 3. The lowest BCUT2D eigenvalue weighted by Crippen LogP contribution is -2.32. The van der Waals surface area contributed by atoms with Crippen LogP contribution < -0.4 is 4.90 Å². The van der Waals surface area contributed by atoms with Crippen LogP contribution in [0.2, 0.25) is 0 Å². The van der Waals surface area contributed by atoms with Crippen molar-refractivity contribution in [3.8, 4) is 5.69 Å². The van der Waals surface area contributed by atoms with Crippen molar-refractivity contribution in [2.24, 2.45) is 0 Å². The van der Waals surface area contributed by atoms with Gasteiger partial charge in [-0.25, -0.2) is 0 Å². The van der Waals surface area contributed by atoms with Crippen molar-refractivity contribution in [1.29, 1.82) is 0 Å². The van der Waals surface area contributed by atoms with Gasteiger partial charge >= 0.3 is 0 Å². The molecular weight excluding hydrogens is 250 g/mol. The molecule has 1 aromatic heterocycles.